The molecule has 1 atom stereocenters. The second kappa shape index (κ2) is 6.54. The zero-order valence-corrected chi connectivity index (χ0v) is 12.6. The van der Waals surface area contributed by atoms with Gasteiger partial charge in [0.15, 0.2) is 0 Å². The van der Waals surface area contributed by atoms with Gasteiger partial charge in [-0.2, -0.15) is 0 Å². The number of amides is 2. The van der Waals surface area contributed by atoms with E-state index in [-0.39, 0.29) is 0 Å². The molecule has 1 aliphatic rings. The molecule has 1 aromatic rings. The largest absolute Gasteiger partial charge is 0.352 e. The van der Waals surface area contributed by atoms with Crippen LogP contribution in [0, 0.1) is 5.92 Å². The number of primary amides is 1. The molecule has 4 nitrogen and oxygen atoms in total. The summed E-state index contributed by atoms with van der Waals surface area (Å²) in [6.07, 6.45) is 2.36. The highest BCUT2D eigenvalue weighted by Gasteiger charge is 2.20. The van der Waals surface area contributed by atoms with Gasteiger partial charge in [-0.15, -0.1) is 11.3 Å². The number of nitrogens with zero attached hydrogens (tertiary/aromatic N) is 1. The van der Waals surface area contributed by atoms with Crippen molar-refractivity contribution in [2.45, 2.75) is 19.4 Å². The zero-order valence-electron chi connectivity index (χ0n) is 10.2. The van der Waals surface area contributed by atoms with E-state index in [0.29, 0.717) is 12.5 Å². The molecule has 0 saturated carbocycles. The number of halogens is 1. The molecule has 0 unspecified atom stereocenters. The van der Waals surface area contributed by atoms with Gasteiger partial charge in [-0.1, -0.05) is 0 Å². The molecule has 1 saturated heterocycles. The molecule has 0 spiro atoms. The van der Waals surface area contributed by atoms with Crippen LogP contribution in [0.1, 0.15) is 18.4 Å². The molecule has 1 aliphatic heterocycles. The monoisotopic (exact) mass is 331 g/mol. The topological polar surface area (TPSA) is 58.4 Å². The van der Waals surface area contributed by atoms with Gasteiger partial charge in [0.1, 0.15) is 0 Å². The molecule has 2 rings (SSSR count). The summed E-state index contributed by atoms with van der Waals surface area (Å²) in [5.41, 5.74) is 6.46. The third-order valence-electron chi connectivity index (χ3n) is 3.20. The Bertz CT molecular complexity index is 410. The number of thiophene rings is 1. The van der Waals surface area contributed by atoms with E-state index < -0.39 is 6.03 Å². The van der Waals surface area contributed by atoms with Gasteiger partial charge in [0, 0.05) is 19.6 Å². The molecule has 0 aromatic carbocycles. The van der Waals surface area contributed by atoms with Gasteiger partial charge in [0.2, 0.25) is 0 Å². The molecule has 18 heavy (non-hydrogen) atoms. The van der Waals surface area contributed by atoms with Crippen LogP contribution in [0.5, 0.6) is 0 Å². The second-order valence-electron chi connectivity index (χ2n) is 4.75. The lowest BCUT2D eigenvalue weighted by Crippen LogP contribution is -2.41. The average Bonchev–Trinajstić information content (AvgIpc) is 2.73. The molecule has 2 amide bonds. The van der Waals surface area contributed by atoms with Crippen LogP contribution in [0.2, 0.25) is 0 Å². The van der Waals surface area contributed by atoms with Crippen LogP contribution >= 0.6 is 27.3 Å². The van der Waals surface area contributed by atoms with Crippen molar-refractivity contribution in [1.82, 2.24) is 10.2 Å². The third kappa shape index (κ3) is 4.26. The van der Waals surface area contributed by atoms with Gasteiger partial charge in [-0.05, 0) is 58.2 Å². The minimum atomic E-state index is -0.422. The summed E-state index contributed by atoms with van der Waals surface area (Å²) < 4.78 is 1.18. The lowest BCUT2D eigenvalue weighted by Gasteiger charge is -2.32. The van der Waals surface area contributed by atoms with E-state index in [0.717, 1.165) is 19.6 Å². The van der Waals surface area contributed by atoms with Gasteiger partial charge >= 0.3 is 6.03 Å². The maximum absolute atomic E-state index is 10.7. The molecule has 0 aliphatic carbocycles. The van der Waals surface area contributed by atoms with Crippen LogP contribution in [0.25, 0.3) is 0 Å². The van der Waals surface area contributed by atoms with Crippen LogP contribution in [-0.4, -0.2) is 30.6 Å². The van der Waals surface area contributed by atoms with Gasteiger partial charge in [0.25, 0.3) is 0 Å². The molecular formula is C12H18BrN3OS. The Morgan fingerprint density at radius 3 is 3.17 bits per heavy atom. The fraction of sp³-hybridized carbons (Fsp3) is 0.583. The molecule has 1 aromatic heterocycles. The number of carbonyl (C=O) groups excluding carboxylic acids is 1. The minimum absolute atomic E-state index is 0.422. The Hall–Kier alpha value is -0.590. The van der Waals surface area contributed by atoms with E-state index in [1.54, 1.807) is 11.3 Å². The summed E-state index contributed by atoms with van der Waals surface area (Å²) in [4.78, 5) is 13.2. The average molecular weight is 332 g/mol. The van der Waals surface area contributed by atoms with E-state index in [9.17, 15) is 4.79 Å². The van der Waals surface area contributed by atoms with Gasteiger partial charge < -0.3 is 11.1 Å². The Balaban J connectivity index is 1.81. The first-order valence-electron chi connectivity index (χ1n) is 6.12. The first-order valence-corrected chi connectivity index (χ1v) is 7.79. The highest BCUT2D eigenvalue weighted by atomic mass is 79.9. The summed E-state index contributed by atoms with van der Waals surface area (Å²) in [5, 5.41) is 4.90. The molecule has 6 heteroatoms. The van der Waals surface area contributed by atoms with E-state index in [4.69, 9.17) is 5.73 Å². The third-order valence-corrected chi connectivity index (χ3v) is 4.75. The van der Waals surface area contributed by atoms with Gasteiger partial charge in [-0.25, -0.2) is 4.79 Å². The summed E-state index contributed by atoms with van der Waals surface area (Å²) in [6.45, 7) is 3.86. The highest BCUT2D eigenvalue weighted by Crippen LogP contribution is 2.24. The summed E-state index contributed by atoms with van der Waals surface area (Å²) in [7, 11) is 0. The number of likely N-dealkylation sites (tertiary alicyclic amines) is 1. The number of nitrogens with one attached hydrogen (secondary N) is 1. The van der Waals surface area contributed by atoms with Crippen LogP contribution < -0.4 is 11.1 Å². The van der Waals surface area contributed by atoms with Crippen molar-refractivity contribution in [2.24, 2.45) is 11.7 Å². The Morgan fingerprint density at radius 1 is 1.67 bits per heavy atom. The lowest BCUT2D eigenvalue weighted by molar-refractivity contribution is 0.166. The van der Waals surface area contributed by atoms with E-state index in [2.05, 4.69) is 37.6 Å². The fourth-order valence-corrected chi connectivity index (χ4v) is 3.59. The SMILES string of the molecule is NC(=O)NC[C@@H]1CCCN(Cc2csc(Br)c2)C1. The number of urea groups is 1. The molecular weight excluding hydrogens is 314 g/mol. The van der Waals surface area contributed by atoms with Crippen LogP contribution in [0.4, 0.5) is 4.79 Å². The first kappa shape index (κ1) is 13.8. The Kier molecular flexibility index (Phi) is 5.03. The zero-order chi connectivity index (χ0) is 13.0. The van der Waals surface area contributed by atoms with Gasteiger partial charge in [-0.3, -0.25) is 4.90 Å². The van der Waals surface area contributed by atoms with Crippen LogP contribution in [0.15, 0.2) is 15.2 Å². The fourth-order valence-electron chi connectivity index (χ4n) is 2.39. The van der Waals surface area contributed by atoms with Crippen molar-refractivity contribution >= 4 is 33.3 Å². The number of piperidine rings is 1. The maximum Gasteiger partial charge on any atom is 0.312 e. The lowest BCUT2D eigenvalue weighted by atomic mass is 9.98. The summed E-state index contributed by atoms with van der Waals surface area (Å²) >= 11 is 5.21. The number of rotatable bonds is 4. The number of carbonyl (C=O) groups is 1. The van der Waals surface area contributed by atoms with Crippen LogP contribution in [0.3, 0.4) is 0 Å². The van der Waals surface area contributed by atoms with Crippen molar-refractivity contribution in [3.05, 3.63) is 20.8 Å². The van der Waals surface area contributed by atoms with E-state index >= 15 is 0 Å². The quantitative estimate of drug-likeness (QED) is 0.889. The molecule has 100 valence electrons. The Labute approximate surface area is 120 Å². The molecule has 3 N–H and O–H groups in total. The van der Waals surface area contributed by atoms with Crippen LogP contribution in [-0.2, 0) is 6.54 Å². The van der Waals surface area contributed by atoms with Crippen molar-refractivity contribution in [2.75, 3.05) is 19.6 Å². The smallest absolute Gasteiger partial charge is 0.312 e. The maximum atomic E-state index is 10.7. The molecule has 2 heterocycles. The highest BCUT2D eigenvalue weighted by molar-refractivity contribution is 9.11. The van der Waals surface area contributed by atoms with Crippen molar-refractivity contribution < 1.29 is 4.79 Å². The second-order valence-corrected chi connectivity index (χ2v) is 7.04. The minimum Gasteiger partial charge on any atom is -0.352 e. The number of hydrogen-bond donors (Lipinski definition) is 2. The van der Waals surface area contributed by atoms with Gasteiger partial charge in [0.05, 0.1) is 3.79 Å². The first-order chi connectivity index (χ1) is 8.63. The number of nitrogens with two attached hydrogens (primary N) is 1. The van der Waals surface area contributed by atoms with Crippen molar-refractivity contribution in [3.63, 3.8) is 0 Å². The summed E-state index contributed by atoms with van der Waals surface area (Å²) in [5.74, 6) is 0.522. The predicted octanol–water partition coefficient (Wildman–Crippen LogP) is 2.39. The molecule has 0 radical (unpaired) electrons. The van der Waals surface area contributed by atoms with E-state index in [1.165, 1.54) is 22.2 Å². The standard InChI is InChI=1S/C12H18BrN3OS/c13-11-4-10(8-18-11)7-16-3-1-2-9(6-16)5-15-12(14)17/h4,8-9H,1-3,5-7H2,(H3,14,15,17)/t9-/m0/s1. The van der Waals surface area contributed by atoms with E-state index in [1.807, 2.05) is 0 Å². The van der Waals surface area contributed by atoms with Crippen molar-refractivity contribution in [1.29, 1.82) is 0 Å². The molecule has 1 fully saturated rings. The Morgan fingerprint density at radius 2 is 2.50 bits per heavy atom. The molecule has 0 bridgehead atoms. The predicted molar refractivity (Wildman–Crippen MR) is 77.6 cm³/mol. The number of hydrogen-bond acceptors (Lipinski definition) is 3. The normalized spacial score (nSPS) is 20.8. The van der Waals surface area contributed by atoms with Crippen molar-refractivity contribution in [3.8, 4) is 0 Å². The summed E-state index contributed by atoms with van der Waals surface area (Å²) in [6, 6.07) is 1.75.